The van der Waals surface area contributed by atoms with E-state index in [0.717, 1.165) is 24.5 Å². The summed E-state index contributed by atoms with van der Waals surface area (Å²) in [7, 11) is 2.17. The second-order valence-electron chi connectivity index (χ2n) is 5.87. The monoisotopic (exact) mass is 282 g/mol. The molecular formula is C16H27ClN2. The Morgan fingerprint density at radius 2 is 1.84 bits per heavy atom. The molecule has 0 fully saturated rings. The van der Waals surface area contributed by atoms with Crippen molar-refractivity contribution in [3.63, 3.8) is 0 Å². The van der Waals surface area contributed by atoms with Crippen LogP contribution in [0.1, 0.15) is 45.7 Å². The molecule has 1 atom stereocenters. The molecule has 0 radical (unpaired) electrons. The van der Waals surface area contributed by atoms with E-state index < -0.39 is 0 Å². The molecule has 1 unspecified atom stereocenters. The number of hydrogen-bond donors (Lipinski definition) is 1. The van der Waals surface area contributed by atoms with Crippen LogP contribution in [0.2, 0.25) is 5.02 Å². The average Bonchev–Trinajstić information content (AvgIpc) is 2.38. The lowest BCUT2D eigenvalue weighted by Crippen LogP contribution is -2.42. The molecule has 108 valence electrons. The Balaban J connectivity index is 2.45. The first-order valence-corrected chi connectivity index (χ1v) is 7.44. The van der Waals surface area contributed by atoms with E-state index in [0.29, 0.717) is 6.04 Å². The summed E-state index contributed by atoms with van der Waals surface area (Å²) in [5, 5.41) is 4.39. The predicted octanol–water partition coefficient (Wildman–Crippen LogP) is 4.11. The summed E-state index contributed by atoms with van der Waals surface area (Å²) in [6.45, 7) is 11.0. The number of benzene rings is 1. The molecule has 1 aromatic carbocycles. The number of hydrogen-bond acceptors (Lipinski definition) is 2. The van der Waals surface area contributed by atoms with Gasteiger partial charge in [0.15, 0.2) is 0 Å². The van der Waals surface area contributed by atoms with Gasteiger partial charge in [0.2, 0.25) is 0 Å². The molecule has 2 nitrogen and oxygen atoms in total. The molecule has 0 aliphatic carbocycles. The minimum Gasteiger partial charge on any atom is -0.311 e. The van der Waals surface area contributed by atoms with Gasteiger partial charge < -0.3 is 5.32 Å². The third kappa shape index (κ3) is 5.52. The van der Waals surface area contributed by atoms with Crippen LogP contribution >= 0.6 is 11.6 Å². The van der Waals surface area contributed by atoms with Gasteiger partial charge in [-0.2, -0.15) is 0 Å². The highest BCUT2D eigenvalue weighted by atomic mass is 35.5. The average molecular weight is 283 g/mol. The second-order valence-corrected chi connectivity index (χ2v) is 6.31. The van der Waals surface area contributed by atoms with Gasteiger partial charge in [-0.1, -0.05) is 30.7 Å². The number of halogens is 1. The first-order chi connectivity index (χ1) is 8.85. The summed E-state index contributed by atoms with van der Waals surface area (Å²) >= 11 is 5.92. The van der Waals surface area contributed by atoms with E-state index >= 15 is 0 Å². The zero-order chi connectivity index (χ0) is 14.5. The van der Waals surface area contributed by atoms with E-state index in [1.54, 1.807) is 0 Å². The first-order valence-electron chi connectivity index (χ1n) is 7.06. The van der Waals surface area contributed by atoms with Gasteiger partial charge >= 0.3 is 0 Å². The third-order valence-electron chi connectivity index (χ3n) is 3.97. The summed E-state index contributed by atoms with van der Waals surface area (Å²) in [6, 6.07) is 8.53. The Labute approximate surface area is 123 Å². The predicted molar refractivity (Wildman–Crippen MR) is 84.9 cm³/mol. The van der Waals surface area contributed by atoms with Gasteiger partial charge in [0.1, 0.15) is 0 Å². The summed E-state index contributed by atoms with van der Waals surface area (Å²) in [5.74, 6) is 0. The van der Waals surface area contributed by atoms with Crippen molar-refractivity contribution in [2.45, 2.75) is 45.7 Å². The standard InChI is InChI=1S/C16H27ClN2/c1-6-16(3,4)18-11-12-19(5)13(2)14-7-9-15(17)10-8-14/h7-10,13,18H,6,11-12H2,1-5H3. The second kappa shape index (κ2) is 7.28. The number of likely N-dealkylation sites (N-methyl/N-ethyl adjacent to an activating group) is 1. The highest BCUT2D eigenvalue weighted by Gasteiger charge is 2.15. The Morgan fingerprint density at radius 1 is 1.26 bits per heavy atom. The highest BCUT2D eigenvalue weighted by molar-refractivity contribution is 6.30. The van der Waals surface area contributed by atoms with E-state index in [9.17, 15) is 0 Å². The molecule has 0 heterocycles. The maximum atomic E-state index is 5.92. The molecule has 0 aliphatic rings. The maximum Gasteiger partial charge on any atom is 0.0406 e. The zero-order valence-corrected chi connectivity index (χ0v) is 13.6. The molecule has 0 aromatic heterocycles. The molecule has 0 saturated carbocycles. The quantitative estimate of drug-likeness (QED) is 0.810. The third-order valence-corrected chi connectivity index (χ3v) is 4.22. The van der Waals surface area contributed by atoms with Crippen LogP contribution in [0.25, 0.3) is 0 Å². The van der Waals surface area contributed by atoms with Gasteiger partial charge in [-0.15, -0.1) is 0 Å². The van der Waals surface area contributed by atoms with Crippen LogP contribution in [0.15, 0.2) is 24.3 Å². The lowest BCUT2D eigenvalue weighted by atomic mass is 10.0. The molecular weight excluding hydrogens is 256 g/mol. The van der Waals surface area contributed by atoms with Crippen molar-refractivity contribution in [2.75, 3.05) is 20.1 Å². The molecule has 0 bridgehead atoms. The van der Waals surface area contributed by atoms with Gasteiger partial charge in [0.05, 0.1) is 0 Å². The largest absolute Gasteiger partial charge is 0.311 e. The molecule has 1 N–H and O–H groups in total. The molecule has 3 heteroatoms. The molecule has 19 heavy (non-hydrogen) atoms. The topological polar surface area (TPSA) is 15.3 Å². The van der Waals surface area contributed by atoms with E-state index in [-0.39, 0.29) is 5.54 Å². The Hall–Kier alpha value is -0.570. The van der Waals surface area contributed by atoms with Crippen LogP contribution in [0.3, 0.4) is 0 Å². The molecule has 1 aromatic rings. The normalized spacial score (nSPS) is 13.8. The van der Waals surface area contributed by atoms with Crippen molar-refractivity contribution >= 4 is 11.6 Å². The lowest BCUT2D eigenvalue weighted by Gasteiger charge is -2.29. The van der Waals surface area contributed by atoms with E-state index in [2.05, 4.69) is 57.1 Å². The fraction of sp³-hybridized carbons (Fsp3) is 0.625. The van der Waals surface area contributed by atoms with Crippen molar-refractivity contribution in [3.8, 4) is 0 Å². The van der Waals surface area contributed by atoms with Gasteiger partial charge in [0, 0.05) is 29.7 Å². The minimum atomic E-state index is 0.227. The smallest absolute Gasteiger partial charge is 0.0406 e. The molecule has 0 spiro atoms. The molecule has 0 amide bonds. The molecule has 0 saturated heterocycles. The van der Waals surface area contributed by atoms with Gasteiger partial charge in [-0.25, -0.2) is 0 Å². The fourth-order valence-electron chi connectivity index (χ4n) is 1.89. The highest BCUT2D eigenvalue weighted by Crippen LogP contribution is 2.20. The van der Waals surface area contributed by atoms with Crippen LogP contribution in [-0.4, -0.2) is 30.6 Å². The number of nitrogens with zero attached hydrogens (tertiary/aromatic N) is 1. The summed E-state index contributed by atoms with van der Waals surface area (Å²) in [6.07, 6.45) is 1.14. The van der Waals surface area contributed by atoms with Crippen LogP contribution in [-0.2, 0) is 0 Å². The van der Waals surface area contributed by atoms with Crippen molar-refractivity contribution in [3.05, 3.63) is 34.9 Å². The van der Waals surface area contributed by atoms with E-state index in [1.807, 2.05) is 12.1 Å². The Bertz CT molecular complexity index is 373. The van der Waals surface area contributed by atoms with Crippen molar-refractivity contribution < 1.29 is 0 Å². The maximum absolute atomic E-state index is 5.92. The Kier molecular flexibility index (Phi) is 6.31. The van der Waals surface area contributed by atoms with Gasteiger partial charge in [0.25, 0.3) is 0 Å². The first kappa shape index (κ1) is 16.5. The van der Waals surface area contributed by atoms with Crippen LogP contribution in [0.4, 0.5) is 0 Å². The van der Waals surface area contributed by atoms with Gasteiger partial charge in [-0.05, 0) is 51.9 Å². The summed E-state index contributed by atoms with van der Waals surface area (Å²) in [4.78, 5) is 2.36. The summed E-state index contributed by atoms with van der Waals surface area (Å²) < 4.78 is 0. The number of nitrogens with one attached hydrogen (secondary N) is 1. The van der Waals surface area contributed by atoms with Crippen molar-refractivity contribution in [1.29, 1.82) is 0 Å². The van der Waals surface area contributed by atoms with Gasteiger partial charge in [-0.3, -0.25) is 4.90 Å². The molecule has 0 aliphatic heterocycles. The van der Waals surface area contributed by atoms with E-state index in [1.165, 1.54) is 5.56 Å². The fourth-order valence-corrected chi connectivity index (χ4v) is 2.01. The van der Waals surface area contributed by atoms with Crippen LogP contribution < -0.4 is 5.32 Å². The van der Waals surface area contributed by atoms with Crippen molar-refractivity contribution in [2.24, 2.45) is 0 Å². The zero-order valence-electron chi connectivity index (χ0n) is 12.8. The minimum absolute atomic E-state index is 0.227. The van der Waals surface area contributed by atoms with Crippen LogP contribution in [0.5, 0.6) is 0 Å². The van der Waals surface area contributed by atoms with Crippen molar-refractivity contribution in [1.82, 2.24) is 10.2 Å². The summed E-state index contributed by atoms with van der Waals surface area (Å²) in [5.41, 5.74) is 1.53. The SMILES string of the molecule is CCC(C)(C)NCCN(C)C(C)c1ccc(Cl)cc1. The number of rotatable bonds is 7. The molecule has 1 rings (SSSR count). The Morgan fingerprint density at radius 3 is 2.37 bits per heavy atom. The van der Waals surface area contributed by atoms with E-state index in [4.69, 9.17) is 11.6 Å². The van der Waals surface area contributed by atoms with Crippen LogP contribution in [0, 0.1) is 0 Å². The lowest BCUT2D eigenvalue weighted by molar-refractivity contribution is 0.246.